The zero-order valence-corrected chi connectivity index (χ0v) is 25.7. The monoisotopic (exact) mass is 645 g/mol. The third-order valence-electron chi connectivity index (χ3n) is 6.21. The first-order valence-electron chi connectivity index (χ1n) is 13.3. The van der Waals surface area contributed by atoms with Crippen molar-refractivity contribution in [1.29, 1.82) is 0 Å². The Morgan fingerprint density at radius 3 is 2.31 bits per heavy atom. The smallest absolute Gasteiger partial charge is 0.335 e. The van der Waals surface area contributed by atoms with Crippen molar-refractivity contribution in [2.45, 2.75) is 4.90 Å². The maximum Gasteiger partial charge on any atom is 0.335 e. The summed E-state index contributed by atoms with van der Waals surface area (Å²) in [6.45, 7) is 0. The molecule has 0 fully saturated rings. The minimum atomic E-state index is -1.14. The predicted octanol–water partition coefficient (Wildman–Crippen LogP) is 6.20. The molecule has 45 heavy (non-hydrogen) atoms. The first-order valence-corrected chi connectivity index (χ1v) is 14.7. The number of amides is 3. The average molecular weight is 646 g/mol. The number of carbonyl (C=O) groups excluding carboxylic acids is 3. The Bertz CT molecular complexity index is 1760. The molecule has 0 aliphatic heterocycles. The van der Waals surface area contributed by atoms with Crippen molar-refractivity contribution in [3.05, 3.63) is 118 Å². The van der Waals surface area contributed by atoms with Gasteiger partial charge in [0.2, 0.25) is 5.91 Å². The number of anilines is 2. The molecule has 0 aromatic heterocycles. The van der Waals surface area contributed by atoms with E-state index < -0.39 is 23.7 Å². The van der Waals surface area contributed by atoms with Gasteiger partial charge in [-0.1, -0.05) is 48.0 Å². The van der Waals surface area contributed by atoms with Gasteiger partial charge < -0.3 is 30.5 Å². The molecular formula is C33H28ClN3O7S. The van der Waals surface area contributed by atoms with Gasteiger partial charge in [-0.25, -0.2) is 4.79 Å². The quantitative estimate of drug-likeness (QED) is 0.105. The van der Waals surface area contributed by atoms with Gasteiger partial charge in [-0.3, -0.25) is 14.4 Å². The van der Waals surface area contributed by atoms with Crippen LogP contribution in [0.25, 0.3) is 6.08 Å². The van der Waals surface area contributed by atoms with E-state index in [4.69, 9.17) is 21.1 Å². The number of nitrogens with one attached hydrogen (secondary N) is 3. The van der Waals surface area contributed by atoms with Crippen LogP contribution in [0.5, 0.6) is 11.5 Å². The number of thioether (sulfide) groups is 1. The molecule has 4 aromatic carbocycles. The second kappa shape index (κ2) is 15.5. The number of aromatic carboxylic acids is 1. The summed E-state index contributed by atoms with van der Waals surface area (Å²) in [5.41, 5.74) is 1.41. The first-order chi connectivity index (χ1) is 21.7. The van der Waals surface area contributed by atoms with Crippen LogP contribution in [0.4, 0.5) is 11.4 Å². The fraction of sp³-hybridized carbons (Fsp3) is 0.0909. The molecule has 0 unspecified atom stereocenters. The summed E-state index contributed by atoms with van der Waals surface area (Å²) in [5, 5.41) is 17.5. The fourth-order valence-corrected chi connectivity index (χ4v) is 4.99. The van der Waals surface area contributed by atoms with E-state index in [1.54, 1.807) is 72.8 Å². The highest BCUT2D eigenvalue weighted by Gasteiger charge is 2.18. The second-order valence-electron chi connectivity index (χ2n) is 9.28. The van der Waals surface area contributed by atoms with E-state index in [0.717, 1.165) is 0 Å². The molecule has 4 aromatic rings. The molecule has 0 spiro atoms. The highest BCUT2D eigenvalue weighted by atomic mass is 35.5. The van der Waals surface area contributed by atoms with Crippen molar-refractivity contribution in [3.8, 4) is 11.5 Å². The van der Waals surface area contributed by atoms with Crippen LogP contribution in [0.2, 0.25) is 5.02 Å². The molecule has 4 rings (SSSR count). The van der Waals surface area contributed by atoms with Crippen LogP contribution < -0.4 is 25.4 Å². The number of carboxylic acids is 1. The molecule has 0 aliphatic rings. The summed E-state index contributed by atoms with van der Waals surface area (Å²) in [4.78, 5) is 51.1. The van der Waals surface area contributed by atoms with Crippen molar-refractivity contribution in [2.75, 3.05) is 30.6 Å². The van der Waals surface area contributed by atoms with Crippen molar-refractivity contribution in [1.82, 2.24) is 5.32 Å². The standard InChI is InChI=1S/C33H28ClN3O7S/c1-43-28-13-6-10-21(30(28)44-2)16-27(37-31(39)20-8-4-3-5-9-20)32(40)35-23-11-7-12-24(18-23)45-19-29(38)36-26-17-22(33(41)42)14-15-25(26)34/h3-18H,19H2,1-2H3,(H,35,40)(H,36,38)(H,37,39)(H,41,42)/b27-16+. The van der Waals surface area contributed by atoms with Crippen LogP contribution >= 0.6 is 23.4 Å². The number of rotatable bonds is 12. The molecule has 0 saturated carbocycles. The maximum atomic E-state index is 13.5. The van der Waals surface area contributed by atoms with Crippen LogP contribution in [0.1, 0.15) is 26.3 Å². The molecule has 230 valence electrons. The van der Waals surface area contributed by atoms with E-state index >= 15 is 0 Å². The Balaban J connectivity index is 1.51. The van der Waals surface area contributed by atoms with Gasteiger partial charge in [0, 0.05) is 21.7 Å². The normalized spacial score (nSPS) is 10.9. The lowest BCUT2D eigenvalue weighted by Gasteiger charge is -2.14. The Hall–Kier alpha value is -5.26. The number of hydrogen-bond acceptors (Lipinski definition) is 7. The molecule has 0 saturated heterocycles. The van der Waals surface area contributed by atoms with Crippen molar-refractivity contribution in [3.63, 3.8) is 0 Å². The van der Waals surface area contributed by atoms with Gasteiger partial charge in [-0.15, -0.1) is 11.8 Å². The summed E-state index contributed by atoms with van der Waals surface area (Å²) in [6.07, 6.45) is 1.49. The minimum Gasteiger partial charge on any atom is -0.493 e. The summed E-state index contributed by atoms with van der Waals surface area (Å²) < 4.78 is 10.9. The van der Waals surface area contributed by atoms with Crippen molar-refractivity contribution < 1.29 is 33.8 Å². The number of carbonyl (C=O) groups is 4. The average Bonchev–Trinajstić information content (AvgIpc) is 3.04. The number of halogens is 1. The highest BCUT2D eigenvalue weighted by molar-refractivity contribution is 8.00. The second-order valence-corrected chi connectivity index (χ2v) is 10.7. The molecule has 12 heteroatoms. The van der Waals surface area contributed by atoms with Crippen LogP contribution in [0.15, 0.2) is 102 Å². The van der Waals surface area contributed by atoms with Gasteiger partial charge in [0.05, 0.1) is 36.2 Å². The lowest BCUT2D eigenvalue weighted by Crippen LogP contribution is -2.30. The largest absolute Gasteiger partial charge is 0.493 e. The first kappa shape index (κ1) is 32.6. The third kappa shape index (κ3) is 8.88. The van der Waals surface area contributed by atoms with Gasteiger partial charge in [-0.2, -0.15) is 0 Å². The van der Waals surface area contributed by atoms with E-state index in [-0.39, 0.29) is 27.7 Å². The molecule has 0 heterocycles. The Kier molecular flexibility index (Phi) is 11.2. The number of benzene rings is 4. The lowest BCUT2D eigenvalue weighted by atomic mass is 10.1. The molecule has 0 bridgehead atoms. The fourth-order valence-electron chi connectivity index (χ4n) is 4.07. The molecule has 4 N–H and O–H groups in total. The summed E-state index contributed by atoms with van der Waals surface area (Å²) in [6, 6.07) is 24.5. The van der Waals surface area contributed by atoms with E-state index in [2.05, 4.69) is 16.0 Å². The molecule has 0 radical (unpaired) electrons. The molecule has 0 aliphatic carbocycles. The van der Waals surface area contributed by atoms with Crippen molar-refractivity contribution >= 4 is 64.5 Å². The van der Waals surface area contributed by atoms with Gasteiger partial charge in [-0.05, 0) is 60.7 Å². The van der Waals surface area contributed by atoms with Crippen molar-refractivity contribution in [2.24, 2.45) is 0 Å². The number of ether oxygens (including phenoxy) is 2. The molecule has 10 nitrogen and oxygen atoms in total. The van der Waals surface area contributed by atoms with Gasteiger partial charge in [0.25, 0.3) is 11.8 Å². The molecular weight excluding hydrogens is 618 g/mol. The Labute approximate surface area is 268 Å². The number of carboxylic acid groups (broad SMARTS) is 1. The van der Waals surface area contributed by atoms with Crippen LogP contribution in [0.3, 0.4) is 0 Å². The minimum absolute atomic E-state index is 0.0102. The van der Waals surface area contributed by atoms with Crippen LogP contribution in [-0.4, -0.2) is 48.8 Å². The molecule has 0 atom stereocenters. The summed E-state index contributed by atoms with van der Waals surface area (Å²) >= 11 is 7.30. The van der Waals surface area contributed by atoms with Crippen LogP contribution in [-0.2, 0) is 9.59 Å². The van der Waals surface area contributed by atoms with Gasteiger partial charge >= 0.3 is 5.97 Å². The van der Waals surface area contributed by atoms with E-state index in [1.165, 1.54) is 50.3 Å². The van der Waals surface area contributed by atoms with Crippen LogP contribution in [0, 0.1) is 0 Å². The predicted molar refractivity (Wildman–Crippen MR) is 174 cm³/mol. The summed E-state index contributed by atoms with van der Waals surface area (Å²) in [5.74, 6) is -1.81. The lowest BCUT2D eigenvalue weighted by molar-refractivity contribution is -0.114. The highest BCUT2D eigenvalue weighted by Crippen LogP contribution is 2.32. The SMILES string of the molecule is COc1cccc(/C=C(/NC(=O)c2ccccc2)C(=O)Nc2cccc(SCC(=O)Nc3cc(C(=O)O)ccc3Cl)c2)c1OC. The zero-order valence-electron chi connectivity index (χ0n) is 24.1. The number of methoxy groups -OCH3 is 2. The third-order valence-corrected chi connectivity index (χ3v) is 7.53. The Morgan fingerprint density at radius 1 is 0.844 bits per heavy atom. The maximum absolute atomic E-state index is 13.5. The van der Waals surface area contributed by atoms with Gasteiger partial charge in [0.15, 0.2) is 11.5 Å². The topological polar surface area (TPSA) is 143 Å². The molecule has 3 amide bonds. The van der Waals surface area contributed by atoms with E-state index in [0.29, 0.717) is 33.2 Å². The summed E-state index contributed by atoms with van der Waals surface area (Å²) in [7, 11) is 2.97. The van der Waals surface area contributed by atoms with E-state index in [1.807, 2.05) is 0 Å². The Morgan fingerprint density at radius 2 is 1.60 bits per heavy atom. The van der Waals surface area contributed by atoms with Gasteiger partial charge in [0.1, 0.15) is 5.70 Å². The van der Waals surface area contributed by atoms with E-state index in [9.17, 15) is 24.3 Å². The zero-order chi connectivity index (χ0) is 32.3. The number of para-hydroxylation sites is 1. The number of hydrogen-bond donors (Lipinski definition) is 4.